The number of benzene rings is 1. The predicted octanol–water partition coefficient (Wildman–Crippen LogP) is 3.24. The fraction of sp³-hybridized carbons (Fsp3) is 0.316. The van der Waals surface area contributed by atoms with E-state index in [4.69, 9.17) is 11.6 Å². The largest absolute Gasteiger partial charge is 0.350 e. The van der Waals surface area contributed by atoms with Crippen LogP contribution in [-0.2, 0) is 6.42 Å². The molecule has 0 bridgehead atoms. The zero-order chi connectivity index (χ0) is 18.2. The minimum atomic E-state index is -0.299. The normalized spacial score (nSPS) is 11.6. The molecular formula is C19H22ClN3O2. The Morgan fingerprint density at radius 3 is 2.36 bits per heavy atom. The van der Waals surface area contributed by atoms with Crippen molar-refractivity contribution in [1.29, 1.82) is 0 Å². The molecule has 0 aliphatic heterocycles. The Kier molecular flexibility index (Phi) is 6.95. The zero-order valence-electron chi connectivity index (χ0n) is 14.4. The van der Waals surface area contributed by atoms with Crippen LogP contribution in [0, 0.1) is 0 Å². The molecule has 1 atom stereocenters. The third kappa shape index (κ3) is 5.87. The molecule has 0 spiro atoms. The van der Waals surface area contributed by atoms with Crippen molar-refractivity contribution in [2.24, 2.45) is 0 Å². The van der Waals surface area contributed by atoms with Crippen LogP contribution in [0.5, 0.6) is 0 Å². The monoisotopic (exact) mass is 359 g/mol. The van der Waals surface area contributed by atoms with Gasteiger partial charge in [-0.25, -0.2) is 4.98 Å². The molecule has 132 valence electrons. The molecule has 0 radical (unpaired) electrons. The molecule has 2 amide bonds. The van der Waals surface area contributed by atoms with Crippen LogP contribution >= 0.6 is 11.6 Å². The quantitative estimate of drug-likeness (QED) is 0.797. The van der Waals surface area contributed by atoms with E-state index >= 15 is 0 Å². The maximum absolute atomic E-state index is 12.2. The first kappa shape index (κ1) is 18.9. The Balaban J connectivity index is 1.91. The molecule has 25 heavy (non-hydrogen) atoms. The summed E-state index contributed by atoms with van der Waals surface area (Å²) in [4.78, 5) is 28.5. The smallest absolute Gasteiger partial charge is 0.270 e. The Labute approximate surface area is 152 Å². The van der Waals surface area contributed by atoms with Crippen LogP contribution in [0.1, 0.15) is 46.8 Å². The van der Waals surface area contributed by atoms with Gasteiger partial charge in [-0.15, -0.1) is 0 Å². The molecule has 0 saturated carbocycles. The lowest BCUT2D eigenvalue weighted by molar-refractivity contribution is 0.0933. The van der Waals surface area contributed by atoms with Gasteiger partial charge >= 0.3 is 0 Å². The van der Waals surface area contributed by atoms with Crippen molar-refractivity contribution in [3.05, 3.63) is 64.4 Å². The number of rotatable bonds is 7. The van der Waals surface area contributed by atoms with Crippen LogP contribution in [0.4, 0.5) is 0 Å². The van der Waals surface area contributed by atoms with E-state index in [9.17, 15) is 9.59 Å². The molecule has 1 unspecified atom stereocenters. The second-order valence-electron chi connectivity index (χ2n) is 5.82. The van der Waals surface area contributed by atoms with Crippen LogP contribution in [0.25, 0.3) is 0 Å². The van der Waals surface area contributed by atoms with Gasteiger partial charge in [0.25, 0.3) is 11.8 Å². The van der Waals surface area contributed by atoms with Gasteiger partial charge in [0.05, 0.1) is 0 Å². The first-order valence-electron chi connectivity index (χ1n) is 8.30. The number of pyridine rings is 1. The van der Waals surface area contributed by atoms with Gasteiger partial charge in [0.1, 0.15) is 11.4 Å². The molecule has 2 N–H and O–H groups in total. The highest BCUT2D eigenvalue weighted by molar-refractivity contribution is 6.30. The Hall–Kier alpha value is -2.40. The number of nitrogens with zero attached hydrogens (tertiary/aromatic N) is 1. The van der Waals surface area contributed by atoms with E-state index in [-0.39, 0.29) is 29.2 Å². The molecule has 5 nitrogen and oxygen atoms in total. The van der Waals surface area contributed by atoms with Crippen LogP contribution in [0.3, 0.4) is 0 Å². The average molecular weight is 360 g/mol. The predicted molar refractivity (Wildman–Crippen MR) is 98.9 cm³/mol. The van der Waals surface area contributed by atoms with E-state index < -0.39 is 0 Å². The van der Waals surface area contributed by atoms with Gasteiger partial charge in [0.15, 0.2) is 0 Å². The number of carbonyl (C=O) groups is 2. The van der Waals surface area contributed by atoms with E-state index in [2.05, 4.69) is 15.6 Å². The van der Waals surface area contributed by atoms with Gasteiger partial charge in [-0.05, 0) is 49.6 Å². The zero-order valence-corrected chi connectivity index (χ0v) is 15.1. The van der Waals surface area contributed by atoms with E-state index in [0.29, 0.717) is 18.0 Å². The standard InChI is InChI=1S/C19H22ClN3O2/c1-3-13(2)22-19(25)17-6-4-5-16(23-17)18(24)21-12-11-14-7-9-15(20)10-8-14/h4-10,13H,3,11-12H2,1-2H3,(H,21,24)(H,22,25). The summed E-state index contributed by atoms with van der Waals surface area (Å²) in [6, 6.07) is 12.4. The highest BCUT2D eigenvalue weighted by Crippen LogP contribution is 2.09. The summed E-state index contributed by atoms with van der Waals surface area (Å²) in [7, 11) is 0. The van der Waals surface area contributed by atoms with Gasteiger partial charge in [-0.3, -0.25) is 9.59 Å². The molecule has 2 aromatic rings. The number of halogens is 1. The Morgan fingerprint density at radius 2 is 1.72 bits per heavy atom. The number of hydrogen-bond acceptors (Lipinski definition) is 3. The molecule has 6 heteroatoms. The fourth-order valence-corrected chi connectivity index (χ4v) is 2.28. The lowest BCUT2D eigenvalue weighted by atomic mass is 10.1. The van der Waals surface area contributed by atoms with Crippen LogP contribution in [0.15, 0.2) is 42.5 Å². The van der Waals surface area contributed by atoms with Gasteiger partial charge in [0, 0.05) is 17.6 Å². The molecule has 1 aromatic heterocycles. The van der Waals surface area contributed by atoms with Crippen molar-refractivity contribution in [1.82, 2.24) is 15.6 Å². The van der Waals surface area contributed by atoms with Crippen LogP contribution < -0.4 is 10.6 Å². The Morgan fingerprint density at radius 1 is 1.08 bits per heavy atom. The minimum absolute atomic E-state index is 0.0613. The van der Waals surface area contributed by atoms with E-state index in [1.165, 1.54) is 0 Å². The first-order chi connectivity index (χ1) is 12.0. The van der Waals surface area contributed by atoms with E-state index in [1.807, 2.05) is 38.1 Å². The maximum atomic E-state index is 12.2. The molecule has 0 saturated heterocycles. The summed E-state index contributed by atoms with van der Waals surface area (Å²) in [5.74, 6) is -0.572. The maximum Gasteiger partial charge on any atom is 0.270 e. The molecule has 2 rings (SSSR count). The van der Waals surface area contributed by atoms with Crippen molar-refractivity contribution < 1.29 is 9.59 Å². The lowest BCUT2D eigenvalue weighted by Gasteiger charge is -2.11. The second-order valence-corrected chi connectivity index (χ2v) is 6.26. The highest BCUT2D eigenvalue weighted by atomic mass is 35.5. The van der Waals surface area contributed by atoms with Crippen molar-refractivity contribution in [3.8, 4) is 0 Å². The van der Waals surface area contributed by atoms with Crippen molar-refractivity contribution >= 4 is 23.4 Å². The SMILES string of the molecule is CCC(C)NC(=O)c1cccc(C(=O)NCCc2ccc(Cl)cc2)n1. The number of hydrogen-bond donors (Lipinski definition) is 2. The Bertz CT molecular complexity index is 732. The lowest BCUT2D eigenvalue weighted by Crippen LogP contribution is -2.33. The third-order valence-electron chi connectivity index (χ3n) is 3.82. The van der Waals surface area contributed by atoms with Gasteiger partial charge in [-0.1, -0.05) is 36.7 Å². The summed E-state index contributed by atoms with van der Waals surface area (Å²) in [5, 5.41) is 6.34. The fourth-order valence-electron chi connectivity index (χ4n) is 2.15. The van der Waals surface area contributed by atoms with Crippen molar-refractivity contribution in [2.75, 3.05) is 6.54 Å². The number of carbonyl (C=O) groups excluding carboxylic acids is 2. The van der Waals surface area contributed by atoms with Crippen LogP contribution in [0.2, 0.25) is 5.02 Å². The summed E-state index contributed by atoms with van der Waals surface area (Å²) in [5.41, 5.74) is 1.55. The topological polar surface area (TPSA) is 71.1 Å². The van der Waals surface area contributed by atoms with E-state index in [1.54, 1.807) is 18.2 Å². The molecule has 0 aliphatic rings. The number of aromatic nitrogens is 1. The first-order valence-corrected chi connectivity index (χ1v) is 8.68. The summed E-state index contributed by atoms with van der Waals surface area (Å²) in [6.45, 7) is 4.39. The second kappa shape index (κ2) is 9.18. The number of amides is 2. The molecule has 1 heterocycles. The summed E-state index contributed by atoms with van der Waals surface area (Å²) >= 11 is 5.85. The molecular weight excluding hydrogens is 338 g/mol. The van der Waals surface area contributed by atoms with Crippen molar-refractivity contribution in [3.63, 3.8) is 0 Å². The third-order valence-corrected chi connectivity index (χ3v) is 4.07. The van der Waals surface area contributed by atoms with Gasteiger partial charge in [-0.2, -0.15) is 0 Å². The summed E-state index contributed by atoms with van der Waals surface area (Å²) in [6.07, 6.45) is 1.52. The highest BCUT2D eigenvalue weighted by Gasteiger charge is 2.13. The minimum Gasteiger partial charge on any atom is -0.350 e. The summed E-state index contributed by atoms with van der Waals surface area (Å²) < 4.78 is 0. The van der Waals surface area contributed by atoms with Gasteiger partial charge < -0.3 is 10.6 Å². The molecule has 0 aliphatic carbocycles. The number of nitrogens with one attached hydrogen (secondary N) is 2. The average Bonchev–Trinajstić information content (AvgIpc) is 2.63. The van der Waals surface area contributed by atoms with Crippen molar-refractivity contribution in [2.45, 2.75) is 32.7 Å². The van der Waals surface area contributed by atoms with E-state index in [0.717, 1.165) is 12.0 Å². The van der Waals surface area contributed by atoms with Gasteiger partial charge in [0.2, 0.25) is 0 Å². The van der Waals surface area contributed by atoms with Crippen LogP contribution in [-0.4, -0.2) is 29.4 Å². The molecule has 0 fully saturated rings. The molecule has 1 aromatic carbocycles.